The Bertz CT molecular complexity index is 785. The van der Waals surface area contributed by atoms with Gasteiger partial charge in [0.2, 0.25) is 0 Å². The normalized spacial score (nSPS) is 11.2. The van der Waals surface area contributed by atoms with Crippen molar-refractivity contribution in [2.24, 2.45) is 0 Å². The number of benzene rings is 1. The molecule has 108 valence electrons. The van der Waals surface area contributed by atoms with Crippen LogP contribution in [0, 0.1) is 17.5 Å². The van der Waals surface area contributed by atoms with Gasteiger partial charge in [0.05, 0.1) is 6.54 Å². The largest absolute Gasteiger partial charge is 0.306 e. The van der Waals surface area contributed by atoms with Gasteiger partial charge in [0, 0.05) is 24.4 Å². The molecule has 0 amide bonds. The summed E-state index contributed by atoms with van der Waals surface area (Å²) in [6, 6.07) is 6.89. The molecule has 4 nitrogen and oxygen atoms in total. The Hall–Kier alpha value is -2.41. The van der Waals surface area contributed by atoms with Crippen LogP contribution in [0.3, 0.4) is 0 Å². The van der Waals surface area contributed by atoms with Crippen molar-refractivity contribution in [3.8, 4) is 0 Å². The summed E-state index contributed by atoms with van der Waals surface area (Å²) < 4.78 is 41.2. The van der Waals surface area contributed by atoms with Crippen LogP contribution in [0.15, 0.2) is 36.5 Å². The van der Waals surface area contributed by atoms with E-state index in [-0.39, 0.29) is 12.1 Å². The van der Waals surface area contributed by atoms with E-state index in [4.69, 9.17) is 0 Å². The highest BCUT2D eigenvalue weighted by atomic mass is 19.2. The number of rotatable bonds is 4. The third-order valence-corrected chi connectivity index (χ3v) is 3.07. The van der Waals surface area contributed by atoms with Crippen LogP contribution in [0.25, 0.3) is 5.65 Å². The first-order valence-corrected chi connectivity index (χ1v) is 6.28. The van der Waals surface area contributed by atoms with Crippen LogP contribution in [0.4, 0.5) is 13.2 Å². The zero-order valence-electron chi connectivity index (χ0n) is 10.9. The number of nitrogens with zero attached hydrogens (tertiary/aromatic N) is 3. The smallest absolute Gasteiger partial charge is 0.161 e. The van der Waals surface area contributed by atoms with Gasteiger partial charge in [0.15, 0.2) is 23.1 Å². The van der Waals surface area contributed by atoms with E-state index >= 15 is 0 Å². The zero-order chi connectivity index (χ0) is 14.8. The van der Waals surface area contributed by atoms with Gasteiger partial charge >= 0.3 is 0 Å². The van der Waals surface area contributed by atoms with Gasteiger partial charge in [-0.05, 0) is 18.2 Å². The number of hydrogen-bond donors (Lipinski definition) is 1. The molecule has 0 saturated heterocycles. The summed E-state index contributed by atoms with van der Waals surface area (Å²) in [6.45, 7) is 0.383. The number of aromatic nitrogens is 3. The van der Waals surface area contributed by atoms with Gasteiger partial charge in [0.25, 0.3) is 0 Å². The summed E-state index contributed by atoms with van der Waals surface area (Å²) in [7, 11) is 0. The summed E-state index contributed by atoms with van der Waals surface area (Å²) in [5.74, 6) is -2.40. The number of hydrogen-bond acceptors (Lipinski definition) is 3. The minimum absolute atomic E-state index is 0.0581. The lowest BCUT2D eigenvalue weighted by Crippen LogP contribution is -2.16. The molecule has 0 atom stereocenters. The molecule has 0 spiro atoms. The summed E-state index contributed by atoms with van der Waals surface area (Å²) in [5, 5.41) is 10.9. The number of fused-ring (bicyclic) bond motifs is 1. The summed E-state index contributed by atoms with van der Waals surface area (Å²) in [6.07, 6.45) is 1.81. The van der Waals surface area contributed by atoms with Gasteiger partial charge in [-0.1, -0.05) is 6.07 Å². The van der Waals surface area contributed by atoms with Crippen molar-refractivity contribution in [3.63, 3.8) is 0 Å². The average Bonchev–Trinajstić information content (AvgIpc) is 2.88. The van der Waals surface area contributed by atoms with Crippen LogP contribution in [0.2, 0.25) is 0 Å². The second kappa shape index (κ2) is 5.53. The van der Waals surface area contributed by atoms with Crippen LogP contribution in [-0.2, 0) is 13.1 Å². The fourth-order valence-electron chi connectivity index (χ4n) is 2.02. The molecule has 2 aromatic heterocycles. The molecule has 7 heteroatoms. The predicted molar refractivity (Wildman–Crippen MR) is 69.8 cm³/mol. The molecule has 0 radical (unpaired) electrons. The number of pyridine rings is 1. The van der Waals surface area contributed by atoms with Crippen molar-refractivity contribution in [1.29, 1.82) is 0 Å². The Balaban J connectivity index is 1.70. The molecule has 0 unspecified atom stereocenters. The molecule has 0 aliphatic rings. The van der Waals surface area contributed by atoms with Crippen LogP contribution >= 0.6 is 0 Å². The zero-order valence-corrected chi connectivity index (χ0v) is 10.9. The lowest BCUT2D eigenvalue weighted by molar-refractivity contribution is 0.486. The maximum absolute atomic E-state index is 13.5. The molecule has 1 aromatic carbocycles. The van der Waals surface area contributed by atoms with Crippen LogP contribution in [0.5, 0.6) is 0 Å². The van der Waals surface area contributed by atoms with Crippen molar-refractivity contribution < 1.29 is 13.2 Å². The van der Waals surface area contributed by atoms with E-state index in [1.807, 2.05) is 24.4 Å². The summed E-state index contributed by atoms with van der Waals surface area (Å²) >= 11 is 0. The van der Waals surface area contributed by atoms with Gasteiger partial charge in [-0.25, -0.2) is 13.2 Å². The minimum atomic E-state index is -1.19. The lowest BCUT2D eigenvalue weighted by Gasteiger charge is -2.06. The molecule has 0 aliphatic heterocycles. The standard InChI is InChI=1S/C14H11F3N4/c15-10-6-12(17)11(16)5-9(10)7-18-8-14-20-19-13-3-1-2-4-21(13)14/h1-6,18H,7-8H2. The average molecular weight is 292 g/mol. The van der Waals surface area contributed by atoms with E-state index in [1.165, 1.54) is 0 Å². The van der Waals surface area contributed by atoms with Crippen molar-refractivity contribution in [2.45, 2.75) is 13.1 Å². The minimum Gasteiger partial charge on any atom is -0.306 e. The first-order valence-electron chi connectivity index (χ1n) is 6.28. The van der Waals surface area contributed by atoms with E-state index < -0.39 is 17.5 Å². The highest BCUT2D eigenvalue weighted by Gasteiger charge is 2.10. The number of nitrogens with one attached hydrogen (secondary N) is 1. The van der Waals surface area contributed by atoms with E-state index in [1.54, 1.807) is 4.40 Å². The van der Waals surface area contributed by atoms with Crippen LogP contribution in [0.1, 0.15) is 11.4 Å². The highest BCUT2D eigenvalue weighted by molar-refractivity contribution is 5.36. The number of halogens is 3. The van der Waals surface area contributed by atoms with Gasteiger partial charge in [-0.2, -0.15) is 0 Å². The molecule has 3 aromatic rings. The molecule has 3 rings (SSSR count). The third-order valence-electron chi connectivity index (χ3n) is 3.07. The van der Waals surface area contributed by atoms with Crippen molar-refractivity contribution >= 4 is 5.65 Å². The molecular weight excluding hydrogens is 281 g/mol. The molecule has 0 aliphatic carbocycles. The van der Waals surface area contributed by atoms with E-state index in [0.29, 0.717) is 24.1 Å². The van der Waals surface area contributed by atoms with Crippen LogP contribution in [-0.4, -0.2) is 14.6 Å². The Morgan fingerprint density at radius 1 is 0.952 bits per heavy atom. The van der Waals surface area contributed by atoms with Crippen molar-refractivity contribution in [2.75, 3.05) is 0 Å². The van der Waals surface area contributed by atoms with E-state index in [2.05, 4.69) is 15.5 Å². The fourth-order valence-corrected chi connectivity index (χ4v) is 2.02. The molecule has 1 N–H and O–H groups in total. The molecule has 0 fully saturated rings. The Morgan fingerprint density at radius 2 is 1.76 bits per heavy atom. The first-order chi connectivity index (χ1) is 10.1. The second-order valence-electron chi connectivity index (χ2n) is 4.51. The van der Waals surface area contributed by atoms with Gasteiger partial charge in [0.1, 0.15) is 5.82 Å². The monoisotopic (exact) mass is 292 g/mol. The van der Waals surface area contributed by atoms with Crippen molar-refractivity contribution in [1.82, 2.24) is 19.9 Å². The summed E-state index contributed by atoms with van der Waals surface area (Å²) in [5.41, 5.74) is 0.760. The lowest BCUT2D eigenvalue weighted by atomic mass is 10.2. The van der Waals surface area contributed by atoms with Gasteiger partial charge in [-0.15, -0.1) is 10.2 Å². The van der Waals surface area contributed by atoms with Gasteiger partial charge in [-0.3, -0.25) is 4.40 Å². The molecule has 21 heavy (non-hydrogen) atoms. The Labute approximate surface area is 118 Å². The molecular formula is C14H11F3N4. The second-order valence-corrected chi connectivity index (χ2v) is 4.51. The van der Waals surface area contributed by atoms with Crippen LogP contribution < -0.4 is 5.32 Å². The van der Waals surface area contributed by atoms with Gasteiger partial charge < -0.3 is 5.32 Å². The molecule has 0 bridgehead atoms. The molecule has 0 saturated carbocycles. The van der Waals surface area contributed by atoms with E-state index in [9.17, 15) is 13.2 Å². The predicted octanol–water partition coefficient (Wildman–Crippen LogP) is 2.44. The van der Waals surface area contributed by atoms with Crippen molar-refractivity contribution in [3.05, 3.63) is 65.4 Å². The maximum Gasteiger partial charge on any atom is 0.161 e. The topological polar surface area (TPSA) is 42.2 Å². The summed E-state index contributed by atoms with van der Waals surface area (Å²) in [4.78, 5) is 0. The maximum atomic E-state index is 13.5. The Kier molecular flexibility index (Phi) is 3.57. The highest BCUT2D eigenvalue weighted by Crippen LogP contribution is 2.13. The quantitative estimate of drug-likeness (QED) is 0.751. The molecule has 2 heterocycles. The Morgan fingerprint density at radius 3 is 2.62 bits per heavy atom. The van der Waals surface area contributed by atoms with E-state index in [0.717, 1.165) is 6.07 Å². The SMILES string of the molecule is Fc1cc(F)c(CNCc2nnc3ccccn23)cc1F. The first kappa shape index (κ1) is 13.6. The third kappa shape index (κ3) is 2.73. The fraction of sp³-hybridized carbons (Fsp3) is 0.143.